The summed E-state index contributed by atoms with van der Waals surface area (Å²) in [4.78, 5) is 27.2. The number of hydrogen-bond donors (Lipinski definition) is 2. The van der Waals surface area contributed by atoms with Gasteiger partial charge in [0.15, 0.2) is 12.4 Å². The van der Waals surface area contributed by atoms with Crippen LogP contribution in [0.2, 0.25) is 0 Å². The van der Waals surface area contributed by atoms with E-state index in [0.29, 0.717) is 22.3 Å². The quantitative estimate of drug-likeness (QED) is 0.781. The number of halogens is 2. The van der Waals surface area contributed by atoms with Crippen molar-refractivity contribution in [1.82, 2.24) is 15.6 Å². The van der Waals surface area contributed by atoms with Gasteiger partial charge < -0.3 is 10.1 Å². The lowest BCUT2D eigenvalue weighted by atomic mass is 10.2. The molecule has 0 atom stereocenters. The first kappa shape index (κ1) is 16.7. The molecule has 0 aliphatic rings. The Balaban J connectivity index is 2.15. The number of carbonyl (C=O) groups excluding carboxylic acids is 2. The van der Waals surface area contributed by atoms with Crippen LogP contribution in [0.4, 0.5) is 4.79 Å². The summed E-state index contributed by atoms with van der Waals surface area (Å²) in [6.07, 6.45) is 1.64. The van der Waals surface area contributed by atoms with Crippen molar-refractivity contribution in [2.24, 2.45) is 0 Å². The van der Waals surface area contributed by atoms with Crippen LogP contribution < -0.4 is 15.4 Å². The van der Waals surface area contributed by atoms with Gasteiger partial charge in [0.2, 0.25) is 0 Å². The fourth-order valence-electron chi connectivity index (χ4n) is 1.79. The first-order chi connectivity index (χ1) is 10.5. The van der Waals surface area contributed by atoms with E-state index in [1.165, 1.54) is 0 Å². The first-order valence-electron chi connectivity index (χ1n) is 6.46. The Morgan fingerprint density at radius 2 is 2.09 bits per heavy atom. The molecule has 8 heteroatoms. The molecule has 0 bridgehead atoms. The third-order valence-electron chi connectivity index (χ3n) is 2.69. The van der Waals surface area contributed by atoms with Crippen molar-refractivity contribution in [1.29, 1.82) is 0 Å². The number of carbonyl (C=O) groups is 2. The van der Waals surface area contributed by atoms with Crippen molar-refractivity contribution in [2.45, 2.75) is 6.92 Å². The summed E-state index contributed by atoms with van der Waals surface area (Å²) in [5, 5.41) is 5.51. The lowest BCUT2D eigenvalue weighted by Gasteiger charge is -2.12. The Morgan fingerprint density at radius 3 is 2.82 bits per heavy atom. The van der Waals surface area contributed by atoms with Crippen LogP contribution in [0.1, 0.15) is 6.92 Å². The van der Waals surface area contributed by atoms with Crippen LogP contribution in [0.3, 0.4) is 0 Å². The number of fused-ring (bicyclic) bond motifs is 1. The van der Waals surface area contributed by atoms with Crippen molar-refractivity contribution in [2.75, 3.05) is 13.2 Å². The molecule has 22 heavy (non-hydrogen) atoms. The molecule has 1 aromatic heterocycles. The SMILES string of the molecule is CCNC(=O)NC(=O)COc1c(Br)cc(Br)c2cccnc12. The molecule has 3 amide bonds. The van der Waals surface area contributed by atoms with E-state index in [2.05, 4.69) is 47.5 Å². The number of aromatic nitrogens is 1. The molecule has 0 saturated heterocycles. The van der Waals surface area contributed by atoms with E-state index in [4.69, 9.17) is 4.74 Å². The van der Waals surface area contributed by atoms with Crippen LogP contribution in [-0.2, 0) is 4.79 Å². The number of hydrogen-bond acceptors (Lipinski definition) is 4. The molecule has 2 aromatic rings. The van der Waals surface area contributed by atoms with Gasteiger partial charge in [-0.3, -0.25) is 15.1 Å². The van der Waals surface area contributed by atoms with Crippen molar-refractivity contribution in [3.8, 4) is 5.75 Å². The predicted octanol–water partition coefficient (Wildman–Crippen LogP) is 2.98. The van der Waals surface area contributed by atoms with Gasteiger partial charge in [0.25, 0.3) is 5.91 Å². The number of pyridine rings is 1. The molecule has 2 rings (SSSR count). The first-order valence-corrected chi connectivity index (χ1v) is 8.04. The highest BCUT2D eigenvalue weighted by atomic mass is 79.9. The minimum Gasteiger partial charge on any atom is -0.480 e. The lowest BCUT2D eigenvalue weighted by molar-refractivity contribution is -0.121. The van der Waals surface area contributed by atoms with E-state index in [1.54, 1.807) is 13.1 Å². The van der Waals surface area contributed by atoms with Crippen molar-refractivity contribution in [3.63, 3.8) is 0 Å². The molecule has 0 aliphatic heterocycles. The molecular formula is C14H13Br2N3O3. The maximum atomic E-state index is 11.7. The Hall–Kier alpha value is -1.67. The zero-order valence-electron chi connectivity index (χ0n) is 11.7. The number of imide groups is 1. The van der Waals surface area contributed by atoms with Crippen LogP contribution in [0.25, 0.3) is 10.9 Å². The van der Waals surface area contributed by atoms with Gasteiger partial charge in [-0.1, -0.05) is 22.0 Å². The summed E-state index contributed by atoms with van der Waals surface area (Å²) in [6.45, 7) is 1.91. The highest BCUT2D eigenvalue weighted by molar-refractivity contribution is 9.11. The Morgan fingerprint density at radius 1 is 1.32 bits per heavy atom. The van der Waals surface area contributed by atoms with Gasteiger partial charge in [-0.15, -0.1) is 0 Å². The number of nitrogens with zero attached hydrogens (tertiary/aromatic N) is 1. The van der Waals surface area contributed by atoms with Gasteiger partial charge in [0, 0.05) is 22.6 Å². The average molecular weight is 431 g/mol. The fourth-order valence-corrected chi connectivity index (χ4v) is 3.18. The largest absolute Gasteiger partial charge is 0.480 e. The van der Waals surface area contributed by atoms with Crippen molar-refractivity contribution >= 4 is 54.7 Å². The van der Waals surface area contributed by atoms with Gasteiger partial charge in [-0.25, -0.2) is 4.79 Å². The van der Waals surface area contributed by atoms with Crippen LogP contribution in [0.5, 0.6) is 5.75 Å². The molecule has 0 fully saturated rings. The molecule has 0 spiro atoms. The molecule has 6 nitrogen and oxygen atoms in total. The highest BCUT2D eigenvalue weighted by Crippen LogP contribution is 2.37. The predicted molar refractivity (Wildman–Crippen MR) is 89.9 cm³/mol. The van der Waals surface area contributed by atoms with E-state index in [9.17, 15) is 9.59 Å². The second-order valence-corrected chi connectivity index (χ2v) is 5.97. The number of rotatable bonds is 4. The number of nitrogens with one attached hydrogen (secondary N) is 2. The zero-order valence-corrected chi connectivity index (χ0v) is 14.8. The summed E-state index contributed by atoms with van der Waals surface area (Å²) in [6, 6.07) is 4.97. The highest BCUT2D eigenvalue weighted by Gasteiger charge is 2.14. The topological polar surface area (TPSA) is 80.3 Å². The maximum absolute atomic E-state index is 11.7. The van der Waals surface area contributed by atoms with E-state index in [-0.39, 0.29) is 6.61 Å². The molecular weight excluding hydrogens is 418 g/mol. The molecule has 1 heterocycles. The minimum absolute atomic E-state index is 0.289. The van der Waals surface area contributed by atoms with Gasteiger partial charge in [-0.05, 0) is 35.0 Å². The molecule has 2 N–H and O–H groups in total. The summed E-state index contributed by atoms with van der Waals surface area (Å²) in [5.41, 5.74) is 0.620. The summed E-state index contributed by atoms with van der Waals surface area (Å²) >= 11 is 6.84. The monoisotopic (exact) mass is 429 g/mol. The van der Waals surface area contributed by atoms with Gasteiger partial charge in [0.05, 0.1) is 4.47 Å². The smallest absolute Gasteiger partial charge is 0.321 e. The number of urea groups is 1. The molecule has 0 unspecified atom stereocenters. The Labute approximate surface area is 143 Å². The van der Waals surface area contributed by atoms with Gasteiger partial charge in [-0.2, -0.15) is 0 Å². The number of benzene rings is 1. The summed E-state index contributed by atoms with van der Waals surface area (Å²) in [7, 11) is 0. The summed E-state index contributed by atoms with van der Waals surface area (Å²) < 4.78 is 7.05. The normalized spacial score (nSPS) is 10.3. The Bertz CT molecular complexity index is 722. The van der Waals surface area contributed by atoms with E-state index >= 15 is 0 Å². The van der Waals surface area contributed by atoms with E-state index in [1.807, 2.05) is 18.2 Å². The van der Waals surface area contributed by atoms with E-state index in [0.717, 1.165) is 9.86 Å². The van der Waals surface area contributed by atoms with Gasteiger partial charge in [0.1, 0.15) is 5.52 Å². The van der Waals surface area contributed by atoms with Crippen molar-refractivity contribution in [3.05, 3.63) is 33.3 Å². The summed E-state index contributed by atoms with van der Waals surface area (Å²) in [5.74, 6) is -0.0882. The number of amides is 3. The van der Waals surface area contributed by atoms with Crippen LogP contribution in [0, 0.1) is 0 Å². The van der Waals surface area contributed by atoms with E-state index < -0.39 is 11.9 Å². The second-order valence-electron chi connectivity index (χ2n) is 4.27. The third-order valence-corrected chi connectivity index (χ3v) is 3.93. The van der Waals surface area contributed by atoms with Crippen molar-refractivity contribution < 1.29 is 14.3 Å². The van der Waals surface area contributed by atoms with Crippen LogP contribution >= 0.6 is 31.9 Å². The number of ether oxygens (including phenoxy) is 1. The average Bonchev–Trinajstić information content (AvgIpc) is 2.47. The molecule has 0 saturated carbocycles. The molecule has 116 valence electrons. The van der Waals surface area contributed by atoms with Gasteiger partial charge >= 0.3 is 6.03 Å². The molecule has 0 aliphatic carbocycles. The zero-order chi connectivity index (χ0) is 16.1. The molecule has 1 aromatic carbocycles. The minimum atomic E-state index is -0.547. The second kappa shape index (κ2) is 7.55. The van der Waals surface area contributed by atoms with Crippen LogP contribution in [0.15, 0.2) is 33.3 Å². The standard InChI is InChI=1S/C14H13Br2N3O3/c1-2-17-14(21)19-11(20)7-22-13-10(16)6-9(15)8-4-3-5-18-12(8)13/h3-6H,2,7H2,1H3,(H2,17,19,20,21). The molecule has 0 radical (unpaired) electrons. The van der Waals surface area contributed by atoms with Crippen LogP contribution in [-0.4, -0.2) is 30.1 Å². The Kier molecular flexibility index (Phi) is 5.73. The third kappa shape index (κ3) is 3.95. The lowest BCUT2D eigenvalue weighted by Crippen LogP contribution is -2.41. The maximum Gasteiger partial charge on any atom is 0.321 e. The fraction of sp³-hybridized carbons (Fsp3) is 0.214.